The van der Waals surface area contributed by atoms with Gasteiger partial charge in [-0.3, -0.25) is 10.1 Å². The molecule has 28 heavy (non-hydrogen) atoms. The first-order valence-corrected chi connectivity index (χ1v) is 9.28. The molecule has 0 unspecified atom stereocenters. The molecule has 1 N–H and O–H groups in total. The molecule has 0 saturated carbocycles. The largest absolute Gasteiger partial charge is 0.462 e. The number of nitrogens with one attached hydrogen (secondary N) is 1. The van der Waals surface area contributed by atoms with Crippen molar-refractivity contribution >= 4 is 29.0 Å². The van der Waals surface area contributed by atoms with E-state index >= 15 is 0 Å². The number of hydrogen-bond acceptors (Lipinski definition) is 8. The number of piperidine rings is 1. The molecular formula is C19H23N5O4. The van der Waals surface area contributed by atoms with E-state index in [-0.39, 0.29) is 11.5 Å². The lowest BCUT2D eigenvalue weighted by molar-refractivity contribution is -0.383. The van der Waals surface area contributed by atoms with Crippen LogP contribution in [0.5, 0.6) is 0 Å². The normalized spacial score (nSPS) is 14.6. The van der Waals surface area contributed by atoms with Crippen molar-refractivity contribution in [3.05, 3.63) is 46.3 Å². The maximum absolute atomic E-state index is 11.8. The molecule has 0 spiro atoms. The molecule has 0 amide bonds. The van der Waals surface area contributed by atoms with E-state index in [4.69, 9.17) is 4.74 Å². The van der Waals surface area contributed by atoms with Gasteiger partial charge in [-0.05, 0) is 49.9 Å². The van der Waals surface area contributed by atoms with E-state index in [1.54, 1.807) is 31.2 Å². The second-order valence-corrected chi connectivity index (χ2v) is 6.74. The lowest BCUT2D eigenvalue weighted by Crippen LogP contribution is -2.34. The maximum Gasteiger partial charge on any atom is 0.353 e. The summed E-state index contributed by atoms with van der Waals surface area (Å²) in [5.74, 6) is 0.645. The van der Waals surface area contributed by atoms with Gasteiger partial charge >= 0.3 is 11.7 Å². The van der Waals surface area contributed by atoms with Gasteiger partial charge in [-0.15, -0.1) is 0 Å². The first-order chi connectivity index (χ1) is 13.5. The van der Waals surface area contributed by atoms with E-state index in [1.807, 2.05) is 4.90 Å². The zero-order valence-electron chi connectivity index (χ0n) is 15.9. The number of ether oxygens (including phenoxy) is 1. The van der Waals surface area contributed by atoms with Crippen LogP contribution in [0.4, 0.5) is 23.0 Å². The van der Waals surface area contributed by atoms with Gasteiger partial charge in [0, 0.05) is 18.8 Å². The number of carbonyl (C=O) groups is 1. The highest BCUT2D eigenvalue weighted by molar-refractivity contribution is 5.90. The van der Waals surface area contributed by atoms with E-state index in [2.05, 4.69) is 22.2 Å². The molecule has 9 nitrogen and oxygen atoms in total. The predicted octanol–water partition coefficient (Wildman–Crippen LogP) is 3.54. The van der Waals surface area contributed by atoms with Gasteiger partial charge in [0.15, 0.2) is 0 Å². The summed E-state index contributed by atoms with van der Waals surface area (Å²) in [6.07, 6.45) is 3.27. The first-order valence-electron chi connectivity index (χ1n) is 9.28. The quantitative estimate of drug-likeness (QED) is 0.457. The number of rotatable bonds is 6. The van der Waals surface area contributed by atoms with Crippen LogP contribution in [0.3, 0.4) is 0 Å². The smallest absolute Gasteiger partial charge is 0.353 e. The number of carbonyl (C=O) groups excluding carboxylic acids is 1. The van der Waals surface area contributed by atoms with Crippen molar-refractivity contribution in [1.82, 2.24) is 9.97 Å². The third-order valence-corrected chi connectivity index (χ3v) is 4.73. The van der Waals surface area contributed by atoms with Crippen molar-refractivity contribution in [2.75, 3.05) is 29.9 Å². The molecule has 1 saturated heterocycles. The van der Waals surface area contributed by atoms with Gasteiger partial charge in [0.1, 0.15) is 6.33 Å². The van der Waals surface area contributed by atoms with Crippen LogP contribution in [0.2, 0.25) is 0 Å². The fourth-order valence-electron chi connectivity index (χ4n) is 3.12. The average Bonchev–Trinajstić information content (AvgIpc) is 2.69. The second kappa shape index (κ2) is 8.64. The summed E-state index contributed by atoms with van der Waals surface area (Å²) in [5, 5.41) is 14.7. The summed E-state index contributed by atoms with van der Waals surface area (Å²) in [7, 11) is 0. The third-order valence-electron chi connectivity index (χ3n) is 4.73. The Morgan fingerprint density at radius 1 is 1.29 bits per heavy atom. The molecule has 0 radical (unpaired) electrons. The molecule has 0 aliphatic carbocycles. The minimum Gasteiger partial charge on any atom is -0.462 e. The molecule has 1 aromatic heterocycles. The standard InChI is InChI=1S/C19H23N5O4/c1-3-28-19(25)14-4-6-15(7-5-14)22-17-16(24(26)27)18(21-12-20-17)23-10-8-13(2)9-11-23/h4-7,12-13H,3,8-11H2,1-2H3,(H,20,21,22). The lowest BCUT2D eigenvalue weighted by atomic mass is 9.99. The van der Waals surface area contributed by atoms with Crippen LogP contribution < -0.4 is 10.2 Å². The van der Waals surface area contributed by atoms with Crippen LogP contribution in [0.15, 0.2) is 30.6 Å². The Balaban J connectivity index is 1.85. The molecule has 1 aromatic carbocycles. The van der Waals surface area contributed by atoms with Gasteiger partial charge in [0.2, 0.25) is 11.6 Å². The Bertz CT molecular complexity index is 848. The van der Waals surface area contributed by atoms with Crippen LogP contribution in [0.1, 0.15) is 37.0 Å². The Kier molecular flexibility index (Phi) is 6.03. The summed E-state index contributed by atoms with van der Waals surface area (Å²) >= 11 is 0. The maximum atomic E-state index is 11.8. The molecule has 1 fully saturated rings. The Morgan fingerprint density at radius 3 is 2.57 bits per heavy atom. The van der Waals surface area contributed by atoms with Crippen LogP contribution >= 0.6 is 0 Å². The molecule has 3 rings (SSSR count). The number of anilines is 3. The Morgan fingerprint density at radius 2 is 1.96 bits per heavy atom. The average molecular weight is 385 g/mol. The van der Waals surface area contributed by atoms with Crippen LogP contribution in [-0.4, -0.2) is 40.6 Å². The highest BCUT2D eigenvalue weighted by Gasteiger charge is 2.29. The van der Waals surface area contributed by atoms with Gasteiger partial charge < -0.3 is 15.0 Å². The first kappa shape index (κ1) is 19.5. The molecule has 0 atom stereocenters. The van der Waals surface area contributed by atoms with Gasteiger partial charge in [-0.2, -0.15) is 0 Å². The van der Waals surface area contributed by atoms with Gasteiger partial charge in [-0.25, -0.2) is 14.8 Å². The highest BCUT2D eigenvalue weighted by Crippen LogP contribution is 2.35. The van der Waals surface area contributed by atoms with E-state index < -0.39 is 10.9 Å². The molecule has 9 heteroatoms. The van der Waals surface area contributed by atoms with Crippen LogP contribution in [0, 0.1) is 16.0 Å². The molecule has 2 aromatic rings. The summed E-state index contributed by atoms with van der Waals surface area (Å²) in [4.78, 5) is 33.2. The number of aromatic nitrogens is 2. The minimum absolute atomic E-state index is 0.123. The minimum atomic E-state index is -0.456. The summed E-state index contributed by atoms with van der Waals surface area (Å²) < 4.78 is 4.95. The lowest BCUT2D eigenvalue weighted by Gasteiger charge is -2.30. The molecule has 1 aliphatic rings. The van der Waals surface area contributed by atoms with Crippen molar-refractivity contribution in [1.29, 1.82) is 0 Å². The molecule has 0 bridgehead atoms. The van der Waals surface area contributed by atoms with Crippen molar-refractivity contribution < 1.29 is 14.5 Å². The number of benzene rings is 1. The highest BCUT2D eigenvalue weighted by atomic mass is 16.6. The SMILES string of the molecule is CCOC(=O)c1ccc(Nc2ncnc(N3CCC(C)CC3)c2[N+](=O)[O-])cc1. The topological polar surface area (TPSA) is 110 Å². The summed E-state index contributed by atoms with van der Waals surface area (Å²) in [6, 6.07) is 6.50. The Labute approximate surface area is 162 Å². The van der Waals surface area contributed by atoms with Gasteiger partial charge in [-0.1, -0.05) is 6.92 Å². The monoisotopic (exact) mass is 385 g/mol. The van der Waals surface area contributed by atoms with Gasteiger partial charge in [0.25, 0.3) is 0 Å². The number of nitrogens with zero attached hydrogens (tertiary/aromatic N) is 4. The molecule has 1 aliphatic heterocycles. The predicted molar refractivity (Wildman–Crippen MR) is 105 cm³/mol. The number of hydrogen-bond donors (Lipinski definition) is 1. The number of nitro groups is 1. The second-order valence-electron chi connectivity index (χ2n) is 6.74. The van der Waals surface area contributed by atoms with Crippen molar-refractivity contribution in [2.45, 2.75) is 26.7 Å². The van der Waals surface area contributed by atoms with E-state index in [9.17, 15) is 14.9 Å². The zero-order chi connectivity index (χ0) is 20.1. The number of esters is 1. The Hall–Kier alpha value is -3.23. The van der Waals surface area contributed by atoms with Crippen LogP contribution in [0.25, 0.3) is 0 Å². The third kappa shape index (κ3) is 4.36. The van der Waals surface area contributed by atoms with Crippen molar-refractivity contribution in [2.24, 2.45) is 5.92 Å². The molecular weight excluding hydrogens is 362 g/mol. The van der Waals surface area contributed by atoms with Gasteiger partial charge in [0.05, 0.1) is 17.1 Å². The molecule has 2 heterocycles. The summed E-state index contributed by atoms with van der Waals surface area (Å²) in [5.41, 5.74) is 0.840. The van der Waals surface area contributed by atoms with Crippen molar-refractivity contribution in [3.8, 4) is 0 Å². The fourth-order valence-corrected chi connectivity index (χ4v) is 3.12. The molecule has 148 valence electrons. The van der Waals surface area contributed by atoms with E-state index in [0.29, 0.717) is 29.6 Å². The zero-order valence-corrected chi connectivity index (χ0v) is 15.9. The van der Waals surface area contributed by atoms with Crippen LogP contribution in [-0.2, 0) is 4.74 Å². The summed E-state index contributed by atoms with van der Waals surface area (Å²) in [6.45, 7) is 5.67. The van der Waals surface area contributed by atoms with E-state index in [0.717, 1.165) is 25.9 Å². The van der Waals surface area contributed by atoms with Crippen molar-refractivity contribution in [3.63, 3.8) is 0 Å². The van der Waals surface area contributed by atoms with E-state index in [1.165, 1.54) is 6.33 Å². The fraction of sp³-hybridized carbons (Fsp3) is 0.421.